The number of hydrogen-bond acceptors (Lipinski definition) is 2. The summed E-state index contributed by atoms with van der Waals surface area (Å²) in [7, 11) is 0. The average molecular weight is 344 g/mol. The lowest BCUT2D eigenvalue weighted by Gasteiger charge is -2.09. The Morgan fingerprint density at radius 3 is 2.29 bits per heavy atom. The first-order valence-electron chi connectivity index (χ1n) is 7.37. The summed E-state index contributed by atoms with van der Waals surface area (Å²) in [5.41, 5.74) is 2.07. The summed E-state index contributed by atoms with van der Waals surface area (Å²) in [5.74, 6) is -0.186. The summed E-state index contributed by atoms with van der Waals surface area (Å²) in [5, 5.41) is 8.80. The number of carbonyl (C=O) groups is 2. The van der Waals surface area contributed by atoms with Crippen LogP contribution in [0.2, 0.25) is 5.02 Å². The summed E-state index contributed by atoms with van der Waals surface area (Å²) in [6, 6.07) is 13.5. The molecule has 124 valence electrons. The van der Waals surface area contributed by atoms with Gasteiger partial charge in [0.2, 0.25) is 0 Å². The summed E-state index contributed by atoms with van der Waals surface area (Å²) < 4.78 is 0. The number of urea groups is 1. The van der Waals surface area contributed by atoms with Gasteiger partial charge in [-0.25, -0.2) is 4.79 Å². The van der Waals surface area contributed by atoms with Crippen LogP contribution in [0.25, 0.3) is 0 Å². The zero-order chi connectivity index (χ0) is 17.4. The molecule has 0 saturated carbocycles. The minimum atomic E-state index is -0.325. The van der Waals surface area contributed by atoms with Gasteiger partial charge in [-0.2, -0.15) is 0 Å². The number of carbonyl (C=O) groups excluding carboxylic acids is 2. The van der Waals surface area contributed by atoms with Crippen LogP contribution in [0, 0.1) is 0 Å². The van der Waals surface area contributed by atoms with E-state index in [4.69, 9.17) is 11.6 Å². The van der Waals surface area contributed by atoms with Crippen LogP contribution in [-0.4, -0.2) is 18.5 Å². The lowest BCUT2D eigenvalue weighted by Crippen LogP contribution is -2.28. The normalized spacial score (nSPS) is 9.88. The molecule has 0 radical (unpaired) electrons. The number of amides is 3. The standard InChI is InChI=1S/C18H18ClN3O2/c1-2-11-20-17(23)14-5-9-16(10-6-14)22-18(24)21-12-13-3-7-15(19)8-4-13/h2-10H,1,11-12H2,(H,20,23)(H2,21,22,24). The molecule has 0 saturated heterocycles. The predicted octanol–water partition coefficient (Wildman–Crippen LogP) is 3.58. The number of nitrogens with one attached hydrogen (secondary N) is 3. The molecule has 2 aromatic rings. The molecule has 0 atom stereocenters. The third kappa shape index (κ3) is 5.44. The van der Waals surface area contributed by atoms with E-state index in [1.807, 2.05) is 12.1 Å². The smallest absolute Gasteiger partial charge is 0.319 e. The van der Waals surface area contributed by atoms with Crippen LogP contribution < -0.4 is 16.0 Å². The van der Waals surface area contributed by atoms with Gasteiger partial charge < -0.3 is 16.0 Å². The summed E-state index contributed by atoms with van der Waals surface area (Å²) in [6.45, 7) is 4.34. The second-order valence-corrected chi connectivity index (χ2v) is 5.45. The molecule has 0 unspecified atom stereocenters. The highest BCUT2D eigenvalue weighted by atomic mass is 35.5. The molecule has 2 aromatic carbocycles. The van der Waals surface area contributed by atoms with Crippen molar-refractivity contribution >= 4 is 29.2 Å². The van der Waals surface area contributed by atoms with Crippen LogP contribution >= 0.6 is 11.6 Å². The van der Waals surface area contributed by atoms with E-state index < -0.39 is 0 Å². The van der Waals surface area contributed by atoms with Crippen molar-refractivity contribution in [2.45, 2.75) is 6.54 Å². The molecule has 24 heavy (non-hydrogen) atoms. The zero-order valence-corrected chi connectivity index (χ0v) is 13.8. The first-order valence-corrected chi connectivity index (χ1v) is 7.75. The maximum atomic E-state index is 11.9. The lowest BCUT2D eigenvalue weighted by atomic mass is 10.2. The Labute approximate surface area is 145 Å². The van der Waals surface area contributed by atoms with Crippen molar-refractivity contribution in [2.75, 3.05) is 11.9 Å². The van der Waals surface area contributed by atoms with Crippen LogP contribution in [0.1, 0.15) is 15.9 Å². The molecule has 0 heterocycles. The fourth-order valence-corrected chi connectivity index (χ4v) is 2.06. The van der Waals surface area contributed by atoms with Gasteiger partial charge in [-0.15, -0.1) is 6.58 Å². The Kier molecular flexibility index (Phi) is 6.40. The molecular formula is C18H18ClN3O2. The summed E-state index contributed by atoms with van der Waals surface area (Å²) in [4.78, 5) is 23.6. The maximum absolute atomic E-state index is 11.9. The number of rotatable bonds is 6. The first kappa shape index (κ1) is 17.6. The van der Waals surface area contributed by atoms with Gasteiger partial charge in [-0.05, 0) is 42.0 Å². The van der Waals surface area contributed by atoms with Gasteiger partial charge in [0.15, 0.2) is 0 Å². The van der Waals surface area contributed by atoms with E-state index in [0.717, 1.165) is 5.56 Å². The number of hydrogen-bond donors (Lipinski definition) is 3. The van der Waals surface area contributed by atoms with E-state index >= 15 is 0 Å². The molecule has 0 fully saturated rings. The van der Waals surface area contributed by atoms with Crippen LogP contribution in [0.3, 0.4) is 0 Å². The second-order valence-electron chi connectivity index (χ2n) is 5.01. The molecule has 0 aliphatic carbocycles. The van der Waals surface area contributed by atoms with Gasteiger partial charge in [0, 0.05) is 29.4 Å². The van der Waals surface area contributed by atoms with Crippen molar-refractivity contribution in [1.82, 2.24) is 10.6 Å². The Hall–Kier alpha value is -2.79. The third-order valence-electron chi connectivity index (χ3n) is 3.18. The zero-order valence-electron chi connectivity index (χ0n) is 13.0. The Balaban J connectivity index is 1.84. The minimum absolute atomic E-state index is 0.186. The van der Waals surface area contributed by atoms with Crippen molar-refractivity contribution in [3.63, 3.8) is 0 Å². The van der Waals surface area contributed by atoms with Crippen molar-refractivity contribution in [3.8, 4) is 0 Å². The highest BCUT2D eigenvalue weighted by Gasteiger charge is 2.05. The highest BCUT2D eigenvalue weighted by molar-refractivity contribution is 6.30. The molecule has 0 bridgehead atoms. The molecule has 0 spiro atoms. The molecule has 6 heteroatoms. The van der Waals surface area contributed by atoms with E-state index in [2.05, 4.69) is 22.5 Å². The molecule has 0 aliphatic heterocycles. The number of benzene rings is 2. The number of halogens is 1. The third-order valence-corrected chi connectivity index (χ3v) is 3.43. The van der Waals surface area contributed by atoms with Gasteiger partial charge in [0.1, 0.15) is 0 Å². The highest BCUT2D eigenvalue weighted by Crippen LogP contribution is 2.11. The van der Waals surface area contributed by atoms with Crippen LogP contribution in [0.4, 0.5) is 10.5 Å². The van der Waals surface area contributed by atoms with Gasteiger partial charge in [0.05, 0.1) is 0 Å². The van der Waals surface area contributed by atoms with Gasteiger partial charge in [0.25, 0.3) is 5.91 Å². The lowest BCUT2D eigenvalue weighted by molar-refractivity contribution is 0.0958. The predicted molar refractivity (Wildman–Crippen MR) is 96.3 cm³/mol. The number of anilines is 1. The van der Waals surface area contributed by atoms with E-state index in [1.54, 1.807) is 42.5 Å². The fourth-order valence-electron chi connectivity index (χ4n) is 1.93. The second kappa shape index (κ2) is 8.74. The Bertz CT molecular complexity index is 712. The Morgan fingerprint density at radius 1 is 1.00 bits per heavy atom. The van der Waals surface area contributed by atoms with Gasteiger partial charge in [-0.1, -0.05) is 29.8 Å². The van der Waals surface area contributed by atoms with Crippen molar-refractivity contribution in [2.24, 2.45) is 0 Å². The molecule has 5 nitrogen and oxygen atoms in total. The average Bonchev–Trinajstić information content (AvgIpc) is 2.60. The van der Waals surface area contributed by atoms with E-state index in [1.165, 1.54) is 0 Å². The summed E-state index contributed by atoms with van der Waals surface area (Å²) >= 11 is 5.81. The van der Waals surface area contributed by atoms with E-state index in [-0.39, 0.29) is 11.9 Å². The van der Waals surface area contributed by atoms with E-state index in [0.29, 0.717) is 29.4 Å². The van der Waals surface area contributed by atoms with Crippen molar-refractivity contribution in [1.29, 1.82) is 0 Å². The van der Waals surface area contributed by atoms with Gasteiger partial charge >= 0.3 is 6.03 Å². The van der Waals surface area contributed by atoms with Crippen LogP contribution in [0.5, 0.6) is 0 Å². The largest absolute Gasteiger partial charge is 0.349 e. The van der Waals surface area contributed by atoms with Crippen molar-refractivity contribution in [3.05, 3.63) is 77.3 Å². The molecule has 3 amide bonds. The quantitative estimate of drug-likeness (QED) is 0.702. The maximum Gasteiger partial charge on any atom is 0.319 e. The first-order chi connectivity index (χ1) is 11.6. The molecule has 0 aromatic heterocycles. The van der Waals surface area contributed by atoms with Crippen LogP contribution in [0.15, 0.2) is 61.2 Å². The van der Waals surface area contributed by atoms with Crippen LogP contribution in [-0.2, 0) is 6.54 Å². The molecule has 2 rings (SSSR count). The minimum Gasteiger partial charge on any atom is -0.349 e. The van der Waals surface area contributed by atoms with Crippen molar-refractivity contribution < 1.29 is 9.59 Å². The molecule has 3 N–H and O–H groups in total. The molecular weight excluding hydrogens is 326 g/mol. The van der Waals surface area contributed by atoms with Gasteiger partial charge in [-0.3, -0.25) is 4.79 Å². The topological polar surface area (TPSA) is 70.2 Å². The summed E-state index contributed by atoms with van der Waals surface area (Å²) in [6.07, 6.45) is 1.61. The fraction of sp³-hybridized carbons (Fsp3) is 0.111. The van der Waals surface area contributed by atoms with E-state index in [9.17, 15) is 9.59 Å². The SMILES string of the molecule is C=CCNC(=O)c1ccc(NC(=O)NCc2ccc(Cl)cc2)cc1. The monoisotopic (exact) mass is 343 g/mol. The molecule has 0 aliphatic rings. The Morgan fingerprint density at radius 2 is 1.67 bits per heavy atom.